The van der Waals surface area contributed by atoms with Gasteiger partial charge in [-0.25, -0.2) is 13.4 Å². The number of rotatable bonds is 5. The van der Waals surface area contributed by atoms with E-state index >= 15 is 0 Å². The van der Waals surface area contributed by atoms with Gasteiger partial charge in [0.1, 0.15) is 10.6 Å². The molecule has 1 saturated heterocycles. The van der Waals surface area contributed by atoms with Crippen LogP contribution in [0, 0.1) is 0 Å². The first kappa shape index (κ1) is 16.8. The Labute approximate surface area is 149 Å². The lowest BCUT2D eigenvalue weighted by Gasteiger charge is -2.14. The molecule has 0 amide bonds. The van der Waals surface area contributed by atoms with Crippen LogP contribution in [0.4, 0.5) is 0 Å². The lowest BCUT2D eigenvalue weighted by atomic mass is 10.1. The lowest BCUT2D eigenvalue weighted by molar-refractivity contribution is 0.413. The van der Waals surface area contributed by atoms with Gasteiger partial charge >= 0.3 is 0 Å². The highest BCUT2D eigenvalue weighted by atomic mass is 32.2. The Balaban J connectivity index is 1.51. The molecule has 10 nitrogen and oxygen atoms in total. The van der Waals surface area contributed by atoms with Gasteiger partial charge in [0.05, 0.1) is 12.4 Å². The summed E-state index contributed by atoms with van der Waals surface area (Å²) in [5, 5.41) is 8.03. The van der Waals surface area contributed by atoms with E-state index in [1.54, 1.807) is 23.3 Å². The Morgan fingerprint density at radius 2 is 2.19 bits per heavy atom. The molecule has 1 unspecified atom stereocenters. The number of aryl methyl sites for hydroxylation is 1. The molecule has 3 aromatic heterocycles. The van der Waals surface area contributed by atoms with Gasteiger partial charge in [-0.2, -0.15) is 14.4 Å². The van der Waals surface area contributed by atoms with Crippen LogP contribution in [0.25, 0.3) is 11.6 Å². The van der Waals surface area contributed by atoms with Crippen LogP contribution in [0.15, 0.2) is 40.4 Å². The largest absolute Gasteiger partial charge is 0.332 e. The van der Waals surface area contributed by atoms with Crippen molar-refractivity contribution in [1.29, 1.82) is 0 Å². The first-order valence-electron chi connectivity index (χ1n) is 8.20. The van der Waals surface area contributed by atoms with Crippen LogP contribution in [-0.2, 0) is 16.6 Å². The third-order valence-electron chi connectivity index (χ3n) is 4.31. The summed E-state index contributed by atoms with van der Waals surface area (Å²) >= 11 is 0. The zero-order valence-corrected chi connectivity index (χ0v) is 14.9. The maximum atomic E-state index is 12.8. The minimum atomic E-state index is -3.57. The van der Waals surface area contributed by atoms with Crippen LogP contribution in [-0.4, -0.2) is 55.7 Å². The molecule has 0 saturated carbocycles. The van der Waals surface area contributed by atoms with Crippen molar-refractivity contribution in [3.63, 3.8) is 0 Å². The predicted octanol–water partition coefficient (Wildman–Crippen LogP) is 0.921. The topological polar surface area (TPSA) is 120 Å². The monoisotopic (exact) mass is 375 g/mol. The van der Waals surface area contributed by atoms with Gasteiger partial charge in [0.15, 0.2) is 5.82 Å². The van der Waals surface area contributed by atoms with E-state index in [9.17, 15) is 8.42 Å². The van der Waals surface area contributed by atoms with Crippen LogP contribution in [0.3, 0.4) is 0 Å². The van der Waals surface area contributed by atoms with E-state index in [1.165, 1.54) is 16.7 Å². The Morgan fingerprint density at radius 3 is 2.92 bits per heavy atom. The third-order valence-corrected chi connectivity index (χ3v) is 6.13. The van der Waals surface area contributed by atoms with Crippen molar-refractivity contribution in [2.45, 2.75) is 30.7 Å². The van der Waals surface area contributed by atoms with Crippen LogP contribution in [0.2, 0.25) is 0 Å². The van der Waals surface area contributed by atoms with Crippen LogP contribution in [0.1, 0.15) is 25.1 Å². The Kier molecular flexibility index (Phi) is 4.24. The number of aromatic nitrogens is 6. The highest BCUT2D eigenvalue weighted by molar-refractivity contribution is 7.89. The van der Waals surface area contributed by atoms with Crippen molar-refractivity contribution in [2.75, 3.05) is 13.1 Å². The van der Waals surface area contributed by atoms with Crippen molar-refractivity contribution in [1.82, 2.24) is 34.2 Å². The summed E-state index contributed by atoms with van der Waals surface area (Å²) in [6, 6.07) is 0. The van der Waals surface area contributed by atoms with Gasteiger partial charge < -0.3 is 4.52 Å². The van der Waals surface area contributed by atoms with E-state index in [0.717, 1.165) is 0 Å². The minimum Gasteiger partial charge on any atom is -0.332 e. The van der Waals surface area contributed by atoms with E-state index in [4.69, 9.17) is 4.52 Å². The van der Waals surface area contributed by atoms with E-state index in [0.29, 0.717) is 37.6 Å². The van der Waals surface area contributed by atoms with Gasteiger partial charge in [0, 0.05) is 44.1 Å². The fourth-order valence-corrected chi connectivity index (χ4v) is 4.33. The van der Waals surface area contributed by atoms with Crippen LogP contribution in [0.5, 0.6) is 0 Å². The molecule has 0 aliphatic carbocycles. The van der Waals surface area contributed by atoms with E-state index in [2.05, 4.69) is 25.2 Å². The molecule has 136 valence electrons. The molecule has 1 aliphatic heterocycles. The highest BCUT2D eigenvalue weighted by Gasteiger charge is 2.36. The number of hydrogen-bond donors (Lipinski definition) is 0. The molecular formula is C15H17N7O3S. The van der Waals surface area contributed by atoms with Gasteiger partial charge in [-0.15, -0.1) is 0 Å². The van der Waals surface area contributed by atoms with Gasteiger partial charge in [-0.05, 0) is 13.3 Å². The Hall–Kier alpha value is -2.66. The zero-order chi connectivity index (χ0) is 18.1. The maximum Gasteiger partial charge on any atom is 0.278 e. The summed E-state index contributed by atoms with van der Waals surface area (Å²) in [4.78, 5) is 12.6. The molecule has 1 aliphatic rings. The van der Waals surface area contributed by atoms with Crippen molar-refractivity contribution < 1.29 is 12.9 Å². The number of hydrogen-bond acceptors (Lipinski definition) is 8. The molecule has 0 radical (unpaired) electrons. The summed E-state index contributed by atoms with van der Waals surface area (Å²) in [6.07, 6.45) is 8.19. The average molecular weight is 375 g/mol. The normalized spacial score (nSPS) is 18.4. The van der Waals surface area contributed by atoms with Crippen molar-refractivity contribution in [3.05, 3.63) is 36.8 Å². The zero-order valence-electron chi connectivity index (χ0n) is 14.1. The quantitative estimate of drug-likeness (QED) is 0.645. The highest BCUT2D eigenvalue weighted by Crippen LogP contribution is 2.30. The van der Waals surface area contributed by atoms with Crippen molar-refractivity contribution >= 4 is 10.0 Å². The fourth-order valence-electron chi connectivity index (χ4n) is 2.87. The Bertz CT molecular complexity index is 999. The number of nitrogens with zero attached hydrogens (tertiary/aromatic N) is 7. The summed E-state index contributed by atoms with van der Waals surface area (Å²) in [5.74, 6) is 0.631. The van der Waals surface area contributed by atoms with E-state index in [1.807, 2.05) is 6.92 Å². The van der Waals surface area contributed by atoms with E-state index in [-0.39, 0.29) is 16.7 Å². The fraction of sp³-hybridized carbons (Fsp3) is 0.400. The molecule has 0 bridgehead atoms. The molecule has 0 aromatic carbocycles. The summed E-state index contributed by atoms with van der Waals surface area (Å²) in [6.45, 7) is 3.23. The second kappa shape index (κ2) is 6.57. The number of sulfonamides is 1. The first-order chi connectivity index (χ1) is 12.6. The second-order valence-corrected chi connectivity index (χ2v) is 7.87. The molecule has 4 rings (SSSR count). The molecule has 0 N–H and O–H groups in total. The summed E-state index contributed by atoms with van der Waals surface area (Å²) in [5.41, 5.74) is 0.487. The Morgan fingerprint density at radius 1 is 1.31 bits per heavy atom. The van der Waals surface area contributed by atoms with Crippen molar-refractivity contribution in [3.8, 4) is 11.6 Å². The SMILES string of the molecule is CCn1cc(S(=O)(=O)N2CCC(c3noc(-c4cnccn4)n3)C2)cn1. The van der Waals surface area contributed by atoms with Gasteiger partial charge in [-0.3, -0.25) is 9.67 Å². The minimum absolute atomic E-state index is 0.125. The van der Waals surface area contributed by atoms with E-state index < -0.39 is 10.0 Å². The molecule has 4 heterocycles. The standard InChI is InChI=1S/C15H17N7O3S/c1-2-21-10-12(7-18-21)26(23,24)22-6-3-11(9-22)14-19-15(25-20-14)13-8-16-4-5-17-13/h4-5,7-8,10-11H,2-3,6,9H2,1H3. The lowest BCUT2D eigenvalue weighted by Crippen LogP contribution is -2.28. The van der Waals surface area contributed by atoms with Crippen molar-refractivity contribution in [2.24, 2.45) is 0 Å². The average Bonchev–Trinajstić information content (AvgIpc) is 3.42. The first-order valence-corrected chi connectivity index (χ1v) is 9.64. The van der Waals surface area contributed by atoms with Gasteiger partial charge in [0.25, 0.3) is 5.89 Å². The summed E-state index contributed by atoms with van der Waals surface area (Å²) < 4.78 is 33.8. The van der Waals surface area contributed by atoms with Crippen LogP contribution < -0.4 is 0 Å². The molecule has 1 atom stereocenters. The van der Waals surface area contributed by atoms with Crippen LogP contribution >= 0.6 is 0 Å². The van der Waals surface area contributed by atoms with Gasteiger partial charge in [-0.1, -0.05) is 5.16 Å². The third kappa shape index (κ3) is 2.99. The molecule has 3 aromatic rings. The molecule has 26 heavy (non-hydrogen) atoms. The summed E-state index contributed by atoms with van der Waals surface area (Å²) in [7, 11) is -3.57. The van der Waals surface area contributed by atoms with Gasteiger partial charge in [0.2, 0.25) is 10.0 Å². The second-order valence-electron chi connectivity index (χ2n) is 5.93. The molecule has 0 spiro atoms. The maximum absolute atomic E-state index is 12.8. The smallest absolute Gasteiger partial charge is 0.278 e. The molecule has 1 fully saturated rings. The molecule has 11 heteroatoms. The molecular weight excluding hydrogens is 358 g/mol. The predicted molar refractivity (Wildman–Crippen MR) is 89.3 cm³/mol.